The molecule has 2 rings (SSSR count). The van der Waals surface area contributed by atoms with Gasteiger partial charge >= 0.3 is 0 Å². The van der Waals surface area contributed by atoms with Crippen molar-refractivity contribution in [2.45, 2.75) is 18.2 Å². The summed E-state index contributed by atoms with van der Waals surface area (Å²) in [7, 11) is 0. The van der Waals surface area contributed by atoms with E-state index in [0.717, 1.165) is 0 Å². The second-order valence-electron chi connectivity index (χ2n) is 3.84. The van der Waals surface area contributed by atoms with Crippen molar-refractivity contribution in [1.82, 2.24) is 5.32 Å². The first kappa shape index (κ1) is 10.9. The first-order valence-corrected chi connectivity index (χ1v) is 5.34. The lowest BCUT2D eigenvalue weighted by Gasteiger charge is -2.35. The van der Waals surface area contributed by atoms with Crippen molar-refractivity contribution < 1.29 is 9.50 Å². The second-order valence-corrected chi connectivity index (χ2v) is 4.28. The third kappa shape index (κ3) is 2.00. The van der Waals surface area contributed by atoms with Crippen molar-refractivity contribution in [2.24, 2.45) is 0 Å². The summed E-state index contributed by atoms with van der Waals surface area (Å²) >= 11 is 5.74. The number of halogens is 2. The molecule has 82 valence electrons. The van der Waals surface area contributed by atoms with Crippen LogP contribution in [0.25, 0.3) is 0 Å². The van der Waals surface area contributed by atoms with E-state index in [-0.39, 0.29) is 6.42 Å². The SMILES string of the molecule is O[C@@H]1CNCC[C@]1(F)c1ccc(Cl)cc1. The Bertz CT molecular complexity index is 343. The van der Waals surface area contributed by atoms with Crippen LogP contribution >= 0.6 is 11.6 Å². The molecule has 0 spiro atoms. The monoisotopic (exact) mass is 229 g/mol. The molecule has 1 aromatic carbocycles. The number of piperidine rings is 1. The molecule has 4 heteroatoms. The van der Waals surface area contributed by atoms with E-state index < -0.39 is 11.8 Å². The van der Waals surface area contributed by atoms with Gasteiger partial charge in [-0.05, 0) is 24.2 Å². The van der Waals surface area contributed by atoms with Crippen LogP contribution in [-0.2, 0) is 5.67 Å². The highest BCUT2D eigenvalue weighted by atomic mass is 35.5. The molecule has 0 aromatic heterocycles. The fourth-order valence-electron chi connectivity index (χ4n) is 1.90. The van der Waals surface area contributed by atoms with Crippen LogP contribution in [0, 0.1) is 0 Å². The number of alkyl halides is 1. The first-order chi connectivity index (χ1) is 7.13. The van der Waals surface area contributed by atoms with Crippen LogP contribution in [-0.4, -0.2) is 24.3 Å². The molecule has 2 atom stereocenters. The number of β-amino-alcohol motifs (C(OH)–C–C–N with tert-alkyl or cyclic N) is 1. The van der Waals surface area contributed by atoms with Crippen LogP contribution in [0.1, 0.15) is 12.0 Å². The van der Waals surface area contributed by atoms with Gasteiger partial charge in [-0.25, -0.2) is 4.39 Å². The van der Waals surface area contributed by atoms with Crippen molar-refractivity contribution in [2.75, 3.05) is 13.1 Å². The topological polar surface area (TPSA) is 32.3 Å². The second kappa shape index (κ2) is 4.08. The molecule has 0 aliphatic carbocycles. The van der Waals surface area contributed by atoms with E-state index >= 15 is 0 Å². The lowest BCUT2D eigenvalue weighted by Crippen LogP contribution is -2.49. The van der Waals surface area contributed by atoms with Gasteiger partial charge in [0.2, 0.25) is 0 Å². The minimum Gasteiger partial charge on any atom is -0.388 e. The van der Waals surface area contributed by atoms with Crippen LogP contribution in [0.3, 0.4) is 0 Å². The molecule has 1 fully saturated rings. The predicted octanol–water partition coefficient (Wildman–Crippen LogP) is 1.86. The third-order valence-corrected chi connectivity index (χ3v) is 3.11. The van der Waals surface area contributed by atoms with Crippen molar-refractivity contribution >= 4 is 11.6 Å². The van der Waals surface area contributed by atoms with Gasteiger partial charge in [-0.2, -0.15) is 0 Å². The van der Waals surface area contributed by atoms with Gasteiger partial charge in [0.1, 0.15) is 6.10 Å². The number of rotatable bonds is 1. The minimum absolute atomic E-state index is 0.287. The largest absolute Gasteiger partial charge is 0.388 e. The Hall–Kier alpha value is -0.640. The molecule has 1 aliphatic heterocycles. The normalized spacial score (nSPS) is 31.5. The Kier molecular flexibility index (Phi) is 2.96. The molecule has 0 bridgehead atoms. The third-order valence-electron chi connectivity index (χ3n) is 2.86. The van der Waals surface area contributed by atoms with E-state index in [1.165, 1.54) is 0 Å². The Labute approximate surface area is 93.1 Å². The van der Waals surface area contributed by atoms with Crippen LogP contribution in [0.2, 0.25) is 5.02 Å². The molecular weight excluding hydrogens is 217 g/mol. The molecule has 2 N–H and O–H groups in total. The van der Waals surface area contributed by atoms with E-state index in [1.54, 1.807) is 24.3 Å². The zero-order chi connectivity index (χ0) is 10.9. The van der Waals surface area contributed by atoms with Crippen molar-refractivity contribution in [3.05, 3.63) is 34.9 Å². The molecule has 15 heavy (non-hydrogen) atoms. The Morgan fingerprint density at radius 2 is 2.07 bits per heavy atom. The molecule has 0 amide bonds. The minimum atomic E-state index is -1.64. The summed E-state index contributed by atoms with van der Waals surface area (Å²) in [6, 6.07) is 6.56. The fraction of sp³-hybridized carbons (Fsp3) is 0.455. The summed E-state index contributed by atoms with van der Waals surface area (Å²) in [6.45, 7) is 0.870. The van der Waals surface area contributed by atoms with Crippen LogP contribution < -0.4 is 5.32 Å². The molecule has 2 nitrogen and oxygen atoms in total. The summed E-state index contributed by atoms with van der Waals surface area (Å²) in [4.78, 5) is 0. The molecule has 0 radical (unpaired) electrons. The number of hydrogen-bond acceptors (Lipinski definition) is 2. The maximum Gasteiger partial charge on any atom is 0.164 e. The number of benzene rings is 1. The maximum absolute atomic E-state index is 14.5. The van der Waals surface area contributed by atoms with E-state index in [0.29, 0.717) is 23.7 Å². The van der Waals surface area contributed by atoms with E-state index in [1.807, 2.05) is 0 Å². The highest BCUT2D eigenvalue weighted by Crippen LogP contribution is 2.35. The van der Waals surface area contributed by atoms with Crippen molar-refractivity contribution in [3.63, 3.8) is 0 Å². The van der Waals surface area contributed by atoms with Gasteiger partial charge in [0, 0.05) is 18.0 Å². The van der Waals surface area contributed by atoms with Gasteiger partial charge in [0.25, 0.3) is 0 Å². The smallest absolute Gasteiger partial charge is 0.164 e. The summed E-state index contributed by atoms with van der Waals surface area (Å²) in [5.74, 6) is 0. The zero-order valence-electron chi connectivity index (χ0n) is 8.21. The highest BCUT2D eigenvalue weighted by Gasteiger charge is 2.41. The average Bonchev–Trinajstić information content (AvgIpc) is 2.23. The highest BCUT2D eigenvalue weighted by molar-refractivity contribution is 6.30. The predicted molar refractivity (Wildman–Crippen MR) is 57.7 cm³/mol. The summed E-state index contributed by atoms with van der Waals surface area (Å²) in [5.41, 5.74) is -1.14. The quantitative estimate of drug-likeness (QED) is 0.771. The Morgan fingerprint density at radius 3 is 2.67 bits per heavy atom. The molecule has 1 aromatic rings. The van der Waals surface area contributed by atoms with Crippen LogP contribution in [0.4, 0.5) is 4.39 Å². The molecule has 1 aliphatic rings. The first-order valence-electron chi connectivity index (χ1n) is 4.97. The summed E-state index contributed by atoms with van der Waals surface area (Å²) < 4.78 is 14.5. The molecule has 1 heterocycles. The standard InChI is InChI=1S/C11H13ClFNO/c12-9-3-1-8(2-4-9)11(13)5-6-14-7-10(11)15/h1-4,10,14-15H,5-7H2/t10-,11+/m1/s1. The van der Waals surface area contributed by atoms with E-state index in [9.17, 15) is 9.50 Å². The maximum atomic E-state index is 14.5. The van der Waals surface area contributed by atoms with Gasteiger partial charge in [-0.15, -0.1) is 0 Å². The number of hydrogen-bond donors (Lipinski definition) is 2. The fourth-order valence-corrected chi connectivity index (χ4v) is 2.03. The van der Waals surface area contributed by atoms with Gasteiger partial charge in [0.15, 0.2) is 5.67 Å². The van der Waals surface area contributed by atoms with Crippen molar-refractivity contribution in [1.29, 1.82) is 0 Å². The van der Waals surface area contributed by atoms with Crippen LogP contribution in [0.15, 0.2) is 24.3 Å². The molecule has 0 saturated carbocycles. The van der Waals surface area contributed by atoms with Crippen LogP contribution in [0.5, 0.6) is 0 Å². The molecular formula is C11H13ClFNO. The lowest BCUT2D eigenvalue weighted by atomic mass is 9.85. The van der Waals surface area contributed by atoms with E-state index in [4.69, 9.17) is 11.6 Å². The number of nitrogens with one attached hydrogen (secondary N) is 1. The Balaban J connectivity index is 2.30. The number of aliphatic hydroxyl groups excluding tert-OH is 1. The summed E-state index contributed by atoms with van der Waals surface area (Å²) in [6.07, 6.45) is -0.706. The van der Waals surface area contributed by atoms with Gasteiger partial charge in [-0.1, -0.05) is 23.7 Å². The van der Waals surface area contributed by atoms with E-state index in [2.05, 4.69) is 5.32 Å². The molecule has 1 saturated heterocycles. The molecule has 0 unspecified atom stereocenters. The Morgan fingerprint density at radius 1 is 1.40 bits per heavy atom. The zero-order valence-corrected chi connectivity index (χ0v) is 8.97. The van der Waals surface area contributed by atoms with Gasteiger partial charge in [0.05, 0.1) is 0 Å². The lowest BCUT2D eigenvalue weighted by molar-refractivity contribution is -0.0345. The number of aliphatic hydroxyl groups is 1. The summed E-state index contributed by atoms with van der Waals surface area (Å²) in [5, 5.41) is 13.2. The van der Waals surface area contributed by atoms with Gasteiger partial charge in [-0.3, -0.25) is 0 Å². The van der Waals surface area contributed by atoms with Gasteiger partial charge < -0.3 is 10.4 Å². The average molecular weight is 230 g/mol. The van der Waals surface area contributed by atoms with Crippen molar-refractivity contribution in [3.8, 4) is 0 Å².